The van der Waals surface area contributed by atoms with E-state index >= 15 is 0 Å². The number of aliphatic hydroxyl groups is 5. The minimum atomic E-state index is -5.39. The second-order valence-corrected chi connectivity index (χ2v) is 32.3. The molecule has 0 bridgehead atoms. The molecular weight excluding hydrogens is 1870 g/mol. The third-order valence-corrected chi connectivity index (χ3v) is 23.0. The van der Waals surface area contributed by atoms with Crippen LogP contribution in [0.3, 0.4) is 0 Å². The molecule has 7 aromatic rings. The SMILES string of the molecule is CCc1nc(N)nc(N)c1-c1ccc(Cl)c(Cl)c1.COc1cc([C@@H]2c3cc4c(cc3[C@@H](O[C@@H]3O[C@@H]5CO[C@@H](C)O[C@H]5[C@H](O)[C@H]3O)[C@H]3COC(=O)[C@H]23)OCO4)cc(OC)c1O.COc1cc([C@@H]2c3cc4c(cc3[C@@H](O[C@@H]3O[C@@H]5CO[C@@H](C)O[C@H]5[C@H](O)[C@H]3O)[C@H]3COC(=O)[C@H]23)OCO4)cc(OC)c1OP(=O)(O)O.O=C(Cn1ccnc1[N+](=O)[O-])NCCO.O=P([O-])([O-])[O-].[Cl-].[H+].[Na+].[Na+].[Na+]. The van der Waals surface area contributed by atoms with Crippen molar-refractivity contribution >= 4 is 74.4 Å². The Morgan fingerprint density at radius 3 is 1.49 bits per heavy atom. The Balaban J connectivity index is 0.000000227. The van der Waals surface area contributed by atoms with Crippen molar-refractivity contribution in [1.29, 1.82) is 0 Å². The molecule has 0 unspecified atom stereocenters. The quantitative estimate of drug-likeness (QED) is 0.0118. The van der Waals surface area contributed by atoms with Crippen LogP contribution in [0.15, 0.2) is 79.1 Å². The third kappa shape index (κ3) is 23.9. The molecule has 6 saturated heterocycles. The fraction of sp³-hybridized carbons (Fsp3) is 0.481. The molecule has 1 amide bonds. The monoisotopic (exact) mass is 1950 g/mol. The summed E-state index contributed by atoms with van der Waals surface area (Å²) in [6.45, 7) is 5.40. The molecule has 8 aliphatic heterocycles. The fourth-order valence-electron chi connectivity index (χ4n) is 16.4. The number of nitrogens with two attached hydrogens (primary N) is 2. The molecule has 13 N–H and O–H groups in total. The predicted molar refractivity (Wildman–Crippen MR) is 421 cm³/mol. The number of phenols is 1. The maximum atomic E-state index is 13.5. The number of rotatable bonds is 19. The number of phenolic OH excluding ortho intramolecular Hbond substituents is 1. The van der Waals surface area contributed by atoms with E-state index in [1.54, 1.807) is 62.4 Å². The predicted octanol–water partition coefficient (Wildman–Crippen LogP) is -10.2. The van der Waals surface area contributed by atoms with E-state index in [0.29, 0.717) is 78.7 Å². The molecule has 130 heavy (non-hydrogen) atoms. The number of hydrogen-bond acceptors (Lipinski definition) is 40. The van der Waals surface area contributed by atoms with E-state index < -0.39 is 160 Å². The van der Waals surface area contributed by atoms with Crippen LogP contribution in [0, 0.1) is 33.8 Å². The van der Waals surface area contributed by atoms with E-state index in [4.69, 9.17) is 149 Å². The molecule has 45 nitrogen and oxygen atoms in total. The number of benzene rings is 5. The number of phosphoric ester groups is 1. The zero-order chi connectivity index (χ0) is 90.8. The van der Waals surface area contributed by atoms with Crippen molar-refractivity contribution in [2.75, 3.05) is 93.1 Å². The molecule has 2 aromatic heterocycles. The Morgan fingerprint density at radius 2 is 1.08 bits per heavy atom. The number of ether oxygens (including phenoxy) is 18. The van der Waals surface area contributed by atoms with Gasteiger partial charge in [-0.05, 0) is 125 Å². The molecule has 2 aliphatic carbocycles. The summed E-state index contributed by atoms with van der Waals surface area (Å²) in [6, 6.07) is 18.7. The Labute approximate surface area is 823 Å². The van der Waals surface area contributed by atoms with E-state index in [-0.39, 0.29) is 209 Å². The second kappa shape index (κ2) is 45.8. The molecule has 0 radical (unpaired) electrons. The summed E-state index contributed by atoms with van der Waals surface area (Å²) in [5, 5.41) is 76.7. The standard InChI is InChI=1S/C29H33O16P.C29H32O13.C12H12Cl2N4.C7H10N4O4.ClH.3Na.H3O4P/c1-11-38-9-20-27(42-11)23(30)24(31)29(43-20)44-25-14-7-17-16(40-10-41-17)6-13(14)21(22-15(25)8-39-28(22)32)12-4-18(36-2)26(19(5-12)37-3)45-46(33,34)35;1-11-36-9-20-27(40-11)24(31)25(32)29(41-20)42-26-14-7-17-16(38-10-39-17)6-13(14)21(22-15(26)8-37-28(22)33)12-4-18(34-2)23(30)19(5-12)35-3;1-2-9-10(11(15)18-12(16)17-9)6-3-4-7(13)8(14)5-6;12-4-2-8-6(13)5-10-3-1-9-7(10)11(14)15;;;;;1-5(2,3)4/h4-7,11,15,20-25,27,29-31H,8-10H2,1-3H3,(H2,33,34,35);4-7,11,15,20-22,24-27,29-32H,8-10H2,1-3H3;3-5H,2H2,1H3,(H4,15,16,17,18);1,3,12H,2,4-5H2,(H,8,13);1H;;;;(H3,1,2,3,4)/q;;;;;3*+1;/p-3/t11-,15+,20-,21-,22+,23-,24-,25-,27-,29+;11-,15+,20-,21-,22+,24-,25-,26-,27-,29+;;;;;;;/m11......./s1. The number of aromatic nitrogens is 4. The number of esters is 2. The number of fused-ring (bicyclic) bond motifs is 8. The number of anilines is 2. The minimum Gasteiger partial charge on any atom is -1.00 e. The number of cyclic esters (lactones) is 2. The summed E-state index contributed by atoms with van der Waals surface area (Å²) in [4.78, 5) is 104. The number of aryl methyl sites for hydroxylation is 1. The smallest absolute Gasteiger partial charge is 1.00 e. The van der Waals surface area contributed by atoms with Gasteiger partial charge in [0.15, 0.2) is 77.7 Å². The fourth-order valence-corrected chi connectivity index (χ4v) is 17.2. The summed E-state index contributed by atoms with van der Waals surface area (Å²) in [5.41, 5.74) is 17.5. The number of nitro groups is 1. The molecule has 20 atom stereocenters. The van der Waals surface area contributed by atoms with Crippen LogP contribution in [-0.2, 0) is 83.8 Å². The van der Waals surface area contributed by atoms with Gasteiger partial charge in [0.2, 0.25) is 31.0 Å². The number of hydrogen-bond donors (Lipinski definition) is 11. The summed E-state index contributed by atoms with van der Waals surface area (Å²) in [7, 11) is -4.93. The molecule has 17 rings (SSSR count). The first-order valence-electron chi connectivity index (χ1n) is 38.6. The topological polar surface area (TPSA) is 643 Å². The van der Waals surface area contributed by atoms with Crippen LogP contribution in [0.5, 0.6) is 57.5 Å². The van der Waals surface area contributed by atoms with Crippen molar-refractivity contribution in [2.45, 2.75) is 132 Å². The van der Waals surface area contributed by atoms with Crippen molar-refractivity contribution in [3.8, 4) is 68.6 Å². The van der Waals surface area contributed by atoms with Gasteiger partial charge in [0.1, 0.15) is 67.0 Å². The van der Waals surface area contributed by atoms with Gasteiger partial charge in [0.25, 0.3) is 5.91 Å². The van der Waals surface area contributed by atoms with Gasteiger partial charge < -0.3 is 179 Å². The summed E-state index contributed by atoms with van der Waals surface area (Å²) >= 11 is 11.9. The first kappa shape index (κ1) is 107. The molecule has 0 spiro atoms. The second-order valence-electron chi connectivity index (χ2n) is 29.4. The molecule has 0 saturated carbocycles. The van der Waals surface area contributed by atoms with Gasteiger partial charge in [-0.1, -0.05) is 41.2 Å². The third-order valence-electron chi connectivity index (χ3n) is 21.9. The maximum Gasteiger partial charge on any atom is 1.00 e. The van der Waals surface area contributed by atoms with Gasteiger partial charge in [-0.25, -0.2) is 14.1 Å². The van der Waals surface area contributed by atoms with Gasteiger partial charge in [0.05, 0.1) is 101 Å². The van der Waals surface area contributed by atoms with Gasteiger partial charge in [-0.15, -0.1) is 0 Å². The van der Waals surface area contributed by atoms with E-state index in [1.165, 1.54) is 53.0 Å². The van der Waals surface area contributed by atoms with Gasteiger partial charge in [-0.2, -0.15) is 12.8 Å². The normalized spacial score (nSPS) is 27.1. The Bertz CT molecular complexity index is 5240. The average molecular weight is 1950 g/mol. The zero-order valence-corrected chi connectivity index (χ0v) is 81.0. The van der Waals surface area contributed by atoms with Crippen molar-refractivity contribution in [2.24, 2.45) is 23.7 Å². The molecule has 53 heteroatoms. The number of methoxy groups -OCH3 is 4. The van der Waals surface area contributed by atoms with Crippen LogP contribution in [0.1, 0.15) is 85.3 Å². The number of nitrogens with zero attached hydrogens (tertiary/aromatic N) is 5. The van der Waals surface area contributed by atoms with Crippen molar-refractivity contribution in [1.82, 2.24) is 24.8 Å². The van der Waals surface area contributed by atoms with Crippen LogP contribution in [0.4, 0.5) is 17.7 Å². The van der Waals surface area contributed by atoms with Gasteiger partial charge >= 0.3 is 116 Å². The number of aromatic hydroxyl groups is 1. The van der Waals surface area contributed by atoms with Crippen molar-refractivity contribution in [3.05, 3.63) is 138 Å². The molecule has 692 valence electrons. The van der Waals surface area contributed by atoms with E-state index in [2.05, 4.69) is 20.3 Å². The minimum absolute atomic E-state index is 0. The molecular formula is C77H88Cl3N8Na3O37P2. The zero-order valence-electron chi connectivity index (χ0n) is 72.0. The summed E-state index contributed by atoms with van der Waals surface area (Å²) < 4.78 is 129. The Kier molecular flexibility index (Phi) is 37.8. The number of halogens is 3. The van der Waals surface area contributed by atoms with E-state index in [1.807, 2.05) is 13.0 Å². The number of nitrogen functional groups attached to an aromatic ring is 2. The number of imidazole rings is 1. The number of carbonyl (C=O) groups is 3. The van der Waals surface area contributed by atoms with Crippen LogP contribution in [0.2, 0.25) is 10.0 Å². The number of phosphoric acid groups is 2. The van der Waals surface area contributed by atoms with Crippen molar-refractivity contribution < 1.29 is 276 Å². The van der Waals surface area contributed by atoms with Crippen LogP contribution in [-0.4, -0.2) is 238 Å². The van der Waals surface area contributed by atoms with E-state index in [0.717, 1.165) is 21.4 Å². The average Bonchev–Trinajstić information content (AvgIpc) is 1.62. The number of amides is 1. The number of nitrogens with one attached hydrogen (secondary N) is 1. The largest absolute Gasteiger partial charge is 1.00 e. The Morgan fingerprint density at radius 1 is 0.646 bits per heavy atom. The van der Waals surface area contributed by atoms with Gasteiger partial charge in [-0.3, -0.25) is 24.2 Å². The van der Waals surface area contributed by atoms with Crippen LogP contribution in [0.25, 0.3) is 11.1 Å². The number of aliphatic hydroxyl groups excluding tert-OH is 5. The van der Waals surface area contributed by atoms with Crippen LogP contribution >= 0.6 is 38.8 Å². The Hall–Kier alpha value is -6.59. The first-order valence-corrected chi connectivity index (χ1v) is 42.4. The summed E-state index contributed by atoms with van der Waals surface area (Å²) in [6.07, 6.45) is -10.7. The first-order chi connectivity index (χ1) is 59.9. The van der Waals surface area contributed by atoms with Crippen molar-refractivity contribution in [3.63, 3.8) is 0 Å². The maximum absolute atomic E-state index is 13.5. The summed E-state index contributed by atoms with van der Waals surface area (Å²) in [5.74, 6) is -3.55. The van der Waals surface area contributed by atoms with E-state index in [9.17, 15) is 64.4 Å². The van der Waals surface area contributed by atoms with Gasteiger partial charge in [0, 0.05) is 35.8 Å². The molecule has 10 aliphatic rings. The molecule has 6 fully saturated rings. The molecule has 5 aromatic carbocycles. The molecule has 10 heterocycles. The van der Waals surface area contributed by atoms with Crippen LogP contribution < -0.4 is 175 Å². The number of carbonyl (C=O) groups excluding carboxylic acids is 3.